The summed E-state index contributed by atoms with van der Waals surface area (Å²) in [5, 5.41) is 29.3. The lowest BCUT2D eigenvalue weighted by Crippen LogP contribution is -2.29. The summed E-state index contributed by atoms with van der Waals surface area (Å²) < 4.78 is 4.42. The lowest BCUT2D eigenvalue weighted by atomic mass is 10.0. The van der Waals surface area contributed by atoms with Crippen molar-refractivity contribution in [1.82, 2.24) is 34.2 Å². The SMILES string of the molecule is N#Cc1cc(-c2cnc3c(-c4cccc5ncccc45)cnn3c2)ccc1N1CCCCC1.N#Cc1cc(-c2cnc3c(Br)cnn3c2)ccc1N1CCCCC1. The second-order valence-corrected chi connectivity index (χ2v) is 15.3. The van der Waals surface area contributed by atoms with Gasteiger partial charge in [0.15, 0.2) is 11.3 Å². The van der Waals surface area contributed by atoms with Crippen LogP contribution in [0.1, 0.15) is 49.7 Å². The maximum absolute atomic E-state index is 9.79. The molecule has 2 fully saturated rings. The highest BCUT2D eigenvalue weighted by molar-refractivity contribution is 9.10. The molecule has 0 unspecified atom stereocenters. The molecule has 7 heterocycles. The van der Waals surface area contributed by atoms with Gasteiger partial charge in [-0.2, -0.15) is 20.7 Å². The van der Waals surface area contributed by atoms with Crippen molar-refractivity contribution in [3.63, 3.8) is 0 Å². The molecule has 3 aromatic carbocycles. The Labute approximate surface area is 338 Å². The Morgan fingerprint density at radius 1 is 0.544 bits per heavy atom. The van der Waals surface area contributed by atoms with Gasteiger partial charge in [0.25, 0.3) is 0 Å². The van der Waals surface area contributed by atoms with Crippen molar-refractivity contribution in [2.45, 2.75) is 38.5 Å². The Balaban J connectivity index is 0.000000156. The highest BCUT2D eigenvalue weighted by Gasteiger charge is 2.18. The number of aromatic nitrogens is 7. The molecule has 0 saturated carbocycles. The highest BCUT2D eigenvalue weighted by atomic mass is 79.9. The number of fused-ring (bicyclic) bond motifs is 3. The summed E-state index contributed by atoms with van der Waals surface area (Å²) >= 11 is 3.43. The molecule has 11 nitrogen and oxygen atoms in total. The minimum absolute atomic E-state index is 0.707. The number of nitriles is 2. The number of rotatable bonds is 5. The zero-order valence-electron chi connectivity index (χ0n) is 31.3. The highest BCUT2D eigenvalue weighted by Crippen LogP contribution is 2.33. The van der Waals surface area contributed by atoms with E-state index in [2.05, 4.69) is 94.4 Å². The van der Waals surface area contributed by atoms with E-state index in [9.17, 15) is 10.5 Å². The van der Waals surface area contributed by atoms with Crippen molar-refractivity contribution in [1.29, 1.82) is 10.5 Å². The van der Waals surface area contributed by atoms with Crippen LogP contribution in [0.15, 0.2) is 115 Å². The van der Waals surface area contributed by atoms with Crippen LogP contribution in [0.2, 0.25) is 0 Å². The summed E-state index contributed by atoms with van der Waals surface area (Å²) in [7, 11) is 0. The average molecular weight is 813 g/mol. The number of benzene rings is 3. The van der Waals surface area contributed by atoms with Crippen LogP contribution in [0.5, 0.6) is 0 Å². The fraction of sp³-hybridized carbons (Fsp3) is 0.222. The Bertz CT molecular complexity index is 2830. The van der Waals surface area contributed by atoms with E-state index in [4.69, 9.17) is 4.98 Å². The number of halogens is 1. The third-order valence-corrected chi connectivity index (χ3v) is 11.5. The van der Waals surface area contributed by atoms with Crippen LogP contribution in [-0.2, 0) is 0 Å². The number of hydrogen-bond donors (Lipinski definition) is 0. The molecule has 0 aliphatic carbocycles. The molecule has 2 saturated heterocycles. The van der Waals surface area contributed by atoms with Crippen LogP contribution in [0.4, 0.5) is 11.4 Å². The second kappa shape index (κ2) is 15.8. The summed E-state index contributed by atoms with van der Waals surface area (Å²) in [5.74, 6) is 0. The van der Waals surface area contributed by atoms with Gasteiger partial charge in [-0.3, -0.25) is 4.98 Å². The van der Waals surface area contributed by atoms with Gasteiger partial charge in [0.1, 0.15) is 12.1 Å². The monoisotopic (exact) mass is 811 g/mol. The van der Waals surface area contributed by atoms with Gasteiger partial charge >= 0.3 is 0 Å². The van der Waals surface area contributed by atoms with E-state index < -0.39 is 0 Å². The zero-order chi connectivity index (χ0) is 38.7. The lowest BCUT2D eigenvalue weighted by molar-refractivity contribution is 0.577. The van der Waals surface area contributed by atoms with E-state index in [0.29, 0.717) is 5.56 Å². The van der Waals surface area contributed by atoms with E-state index in [-0.39, 0.29) is 0 Å². The van der Waals surface area contributed by atoms with E-state index >= 15 is 0 Å². The van der Waals surface area contributed by atoms with Crippen LogP contribution in [-0.4, -0.2) is 60.4 Å². The van der Waals surface area contributed by atoms with Gasteiger partial charge in [-0.25, -0.2) is 19.0 Å². The molecule has 12 heteroatoms. The van der Waals surface area contributed by atoms with E-state index in [1.165, 1.54) is 38.5 Å². The number of pyridine rings is 1. The Hall–Kier alpha value is -6.63. The molecule has 0 spiro atoms. The van der Waals surface area contributed by atoms with Crippen LogP contribution in [0.25, 0.3) is 55.6 Å². The molecular formula is C45H38BrN11. The molecule has 280 valence electrons. The third-order valence-electron chi connectivity index (χ3n) is 10.9. The Morgan fingerprint density at radius 2 is 1.12 bits per heavy atom. The molecule has 5 aromatic heterocycles. The molecule has 10 rings (SSSR count). The first-order valence-electron chi connectivity index (χ1n) is 19.3. The van der Waals surface area contributed by atoms with Gasteiger partial charge in [-0.1, -0.05) is 30.3 Å². The molecule has 0 radical (unpaired) electrons. The summed E-state index contributed by atoms with van der Waals surface area (Å²) in [5.41, 5.74) is 11.9. The van der Waals surface area contributed by atoms with Gasteiger partial charge in [0.2, 0.25) is 0 Å². The van der Waals surface area contributed by atoms with Gasteiger partial charge in [0, 0.05) is 79.2 Å². The predicted molar refractivity (Wildman–Crippen MR) is 227 cm³/mol. The third kappa shape index (κ3) is 7.16. The van der Waals surface area contributed by atoms with Crippen LogP contribution >= 0.6 is 15.9 Å². The predicted octanol–water partition coefficient (Wildman–Crippen LogP) is 9.49. The largest absolute Gasteiger partial charge is 0.370 e. The van der Waals surface area contributed by atoms with Crippen molar-refractivity contribution in [2.24, 2.45) is 0 Å². The van der Waals surface area contributed by atoms with Gasteiger partial charge in [0.05, 0.1) is 44.9 Å². The summed E-state index contributed by atoms with van der Waals surface area (Å²) in [4.78, 5) is 18.3. The van der Waals surface area contributed by atoms with Crippen LogP contribution in [0.3, 0.4) is 0 Å². The van der Waals surface area contributed by atoms with E-state index in [0.717, 1.165) is 103 Å². The van der Waals surface area contributed by atoms with Gasteiger partial charge in [-0.15, -0.1) is 0 Å². The fourth-order valence-electron chi connectivity index (χ4n) is 7.98. The molecule has 8 aromatic rings. The van der Waals surface area contributed by atoms with Crippen LogP contribution < -0.4 is 9.80 Å². The molecule has 0 atom stereocenters. The topological polar surface area (TPSA) is 127 Å². The van der Waals surface area contributed by atoms with Crippen molar-refractivity contribution in [3.8, 4) is 45.5 Å². The van der Waals surface area contributed by atoms with E-state index in [1.807, 2.05) is 65.8 Å². The summed E-state index contributed by atoms with van der Waals surface area (Å²) in [6.07, 6.45) is 20.3. The number of nitrogens with zero attached hydrogens (tertiary/aromatic N) is 11. The van der Waals surface area contributed by atoms with Crippen LogP contribution in [0, 0.1) is 22.7 Å². The Morgan fingerprint density at radius 3 is 1.74 bits per heavy atom. The van der Waals surface area contributed by atoms with Crippen molar-refractivity contribution in [2.75, 3.05) is 36.0 Å². The molecule has 0 amide bonds. The minimum atomic E-state index is 0.707. The van der Waals surface area contributed by atoms with Crippen molar-refractivity contribution >= 4 is 49.5 Å². The zero-order valence-corrected chi connectivity index (χ0v) is 32.8. The number of piperidine rings is 2. The molecule has 2 aliphatic rings. The quantitative estimate of drug-likeness (QED) is 0.167. The minimum Gasteiger partial charge on any atom is -0.370 e. The first-order valence-corrected chi connectivity index (χ1v) is 20.1. The van der Waals surface area contributed by atoms with E-state index in [1.54, 1.807) is 16.9 Å². The average Bonchev–Trinajstić information content (AvgIpc) is 3.88. The lowest BCUT2D eigenvalue weighted by Gasteiger charge is -2.29. The second-order valence-electron chi connectivity index (χ2n) is 14.4. The normalized spacial score (nSPS) is 14.3. The first kappa shape index (κ1) is 36.0. The smallest absolute Gasteiger partial charge is 0.169 e. The number of anilines is 2. The van der Waals surface area contributed by atoms with Crippen molar-refractivity contribution < 1.29 is 0 Å². The van der Waals surface area contributed by atoms with Gasteiger partial charge in [-0.05, 0) is 108 Å². The molecule has 57 heavy (non-hydrogen) atoms. The van der Waals surface area contributed by atoms with Crippen molar-refractivity contribution in [3.05, 3.63) is 126 Å². The maximum atomic E-state index is 9.79. The standard InChI is InChI=1S/C27H22N6.C18H16BrN5/c28-15-20-14-19(9-10-26(20)32-12-2-1-3-13-32)21-16-30-27-24(17-31-33(27)18-21)22-6-4-8-25-23(22)7-5-11-29-25;19-16-11-22-24-12-15(10-21-18(16)24)13-4-5-17(14(8-13)9-20)23-6-2-1-3-7-23/h4-11,14,16-18H,1-3,12-13H2;4-5,8,10-12H,1-3,6-7H2. The molecule has 0 N–H and O–H groups in total. The molecule has 2 aliphatic heterocycles. The summed E-state index contributed by atoms with van der Waals surface area (Å²) in [6.45, 7) is 4.09. The van der Waals surface area contributed by atoms with Gasteiger partial charge < -0.3 is 9.80 Å². The molecular weight excluding hydrogens is 774 g/mol. The Kier molecular flexibility index (Phi) is 10.0. The molecule has 0 bridgehead atoms. The fourth-order valence-corrected chi connectivity index (χ4v) is 8.35. The maximum Gasteiger partial charge on any atom is 0.169 e. The summed E-state index contributed by atoms with van der Waals surface area (Å²) in [6, 6.07) is 27.0. The first-order chi connectivity index (χ1) is 28.1. The number of hydrogen-bond acceptors (Lipinski definition) is 9.